The summed E-state index contributed by atoms with van der Waals surface area (Å²) in [5.74, 6) is 0. The minimum Gasteiger partial charge on any atom is -0.316 e. The normalized spacial score (nSPS) is 17.8. The van der Waals surface area contributed by atoms with Crippen LogP contribution in [0.25, 0.3) is 0 Å². The molecule has 0 unspecified atom stereocenters. The summed E-state index contributed by atoms with van der Waals surface area (Å²) in [5.41, 5.74) is -1.10. The SMILES string of the molecule is CNCc1cccc(S(=O)(=O)NC2(C(F)(F)F)CC2)c1C. The van der Waals surface area contributed by atoms with Crippen LogP contribution in [0.1, 0.15) is 24.0 Å². The monoisotopic (exact) mass is 322 g/mol. The van der Waals surface area contributed by atoms with Gasteiger partial charge in [0.1, 0.15) is 5.54 Å². The van der Waals surface area contributed by atoms with Crippen molar-refractivity contribution in [2.45, 2.75) is 42.9 Å². The highest BCUT2D eigenvalue weighted by atomic mass is 32.2. The molecule has 0 bridgehead atoms. The average molecular weight is 322 g/mol. The molecule has 118 valence electrons. The molecule has 2 N–H and O–H groups in total. The third-order valence-electron chi connectivity index (χ3n) is 3.68. The first-order valence-corrected chi connectivity index (χ1v) is 7.95. The van der Waals surface area contributed by atoms with Crippen LogP contribution in [0.3, 0.4) is 0 Å². The molecule has 0 aromatic heterocycles. The minimum absolute atomic E-state index is 0.106. The van der Waals surface area contributed by atoms with Gasteiger partial charge < -0.3 is 5.32 Å². The lowest BCUT2D eigenvalue weighted by atomic mass is 10.1. The molecule has 4 nitrogen and oxygen atoms in total. The van der Waals surface area contributed by atoms with Gasteiger partial charge in [0.25, 0.3) is 0 Å². The summed E-state index contributed by atoms with van der Waals surface area (Å²) in [7, 11) is -2.50. The fourth-order valence-electron chi connectivity index (χ4n) is 2.21. The highest BCUT2D eigenvalue weighted by Crippen LogP contribution is 2.49. The molecule has 1 aromatic rings. The van der Waals surface area contributed by atoms with Gasteiger partial charge in [0.2, 0.25) is 10.0 Å². The van der Waals surface area contributed by atoms with E-state index >= 15 is 0 Å². The molecule has 0 aliphatic heterocycles. The van der Waals surface area contributed by atoms with E-state index < -0.39 is 21.7 Å². The molecule has 1 aliphatic rings. The third-order valence-corrected chi connectivity index (χ3v) is 5.36. The summed E-state index contributed by atoms with van der Waals surface area (Å²) in [6, 6.07) is 4.59. The van der Waals surface area contributed by atoms with Crippen LogP contribution in [-0.4, -0.2) is 27.2 Å². The fourth-order valence-corrected chi connectivity index (χ4v) is 3.95. The molecule has 0 amide bonds. The zero-order chi connectivity index (χ0) is 15.9. The van der Waals surface area contributed by atoms with Crippen molar-refractivity contribution < 1.29 is 21.6 Å². The van der Waals surface area contributed by atoms with E-state index in [1.54, 1.807) is 20.0 Å². The highest BCUT2D eigenvalue weighted by Gasteiger charge is 2.65. The van der Waals surface area contributed by atoms with Crippen LogP contribution in [0.15, 0.2) is 23.1 Å². The Morgan fingerprint density at radius 2 is 1.90 bits per heavy atom. The first-order valence-electron chi connectivity index (χ1n) is 6.47. The molecular weight excluding hydrogens is 305 g/mol. The number of halogens is 3. The van der Waals surface area contributed by atoms with E-state index in [2.05, 4.69) is 5.32 Å². The van der Waals surface area contributed by atoms with Crippen LogP contribution in [0.4, 0.5) is 13.2 Å². The van der Waals surface area contributed by atoms with Gasteiger partial charge in [0.15, 0.2) is 0 Å². The Labute approximate surface area is 121 Å². The van der Waals surface area contributed by atoms with E-state index in [0.717, 1.165) is 5.56 Å². The Bertz CT molecular complexity index is 637. The molecule has 0 saturated heterocycles. The summed E-state index contributed by atoms with van der Waals surface area (Å²) in [5, 5.41) is 2.89. The predicted molar refractivity (Wildman–Crippen MR) is 72.3 cm³/mol. The standard InChI is InChI=1S/C13H17F3N2O2S/c1-9-10(8-17-2)4-3-5-11(9)21(19,20)18-12(6-7-12)13(14,15)16/h3-5,17-18H,6-8H2,1-2H3. The summed E-state index contributed by atoms with van der Waals surface area (Å²) in [6.07, 6.45) is -5.01. The van der Waals surface area contributed by atoms with Gasteiger partial charge >= 0.3 is 6.18 Å². The van der Waals surface area contributed by atoms with E-state index in [1.807, 2.05) is 4.72 Å². The minimum atomic E-state index is -4.57. The first kappa shape index (κ1) is 16.3. The Hall–Kier alpha value is -1.12. The van der Waals surface area contributed by atoms with Crippen molar-refractivity contribution in [3.05, 3.63) is 29.3 Å². The summed E-state index contributed by atoms with van der Waals surface area (Å²) >= 11 is 0. The first-order chi connectivity index (χ1) is 9.63. The van der Waals surface area contributed by atoms with E-state index in [9.17, 15) is 21.6 Å². The van der Waals surface area contributed by atoms with Crippen molar-refractivity contribution in [2.24, 2.45) is 0 Å². The number of sulfonamides is 1. The maximum absolute atomic E-state index is 12.9. The van der Waals surface area contributed by atoms with Crippen LogP contribution in [0.2, 0.25) is 0 Å². The van der Waals surface area contributed by atoms with E-state index in [4.69, 9.17) is 0 Å². The Kier molecular flexibility index (Phi) is 4.07. The lowest BCUT2D eigenvalue weighted by molar-refractivity contribution is -0.160. The Morgan fingerprint density at radius 1 is 1.29 bits per heavy atom. The smallest absolute Gasteiger partial charge is 0.316 e. The molecular formula is C13H17F3N2O2S. The molecule has 0 spiro atoms. The lowest BCUT2D eigenvalue weighted by Gasteiger charge is -2.21. The molecule has 0 heterocycles. The number of nitrogens with one attached hydrogen (secondary N) is 2. The van der Waals surface area contributed by atoms with Crippen molar-refractivity contribution in [3.63, 3.8) is 0 Å². The largest absolute Gasteiger partial charge is 0.407 e. The van der Waals surface area contributed by atoms with E-state index in [0.29, 0.717) is 12.1 Å². The summed E-state index contributed by atoms with van der Waals surface area (Å²) in [4.78, 5) is -0.106. The lowest BCUT2D eigenvalue weighted by Crippen LogP contribution is -2.47. The van der Waals surface area contributed by atoms with Crippen LogP contribution < -0.4 is 10.0 Å². The number of hydrogen-bond acceptors (Lipinski definition) is 3. The molecule has 0 radical (unpaired) electrons. The van der Waals surface area contributed by atoms with Crippen molar-refractivity contribution >= 4 is 10.0 Å². The van der Waals surface area contributed by atoms with Crippen molar-refractivity contribution in [1.29, 1.82) is 0 Å². The second-order valence-corrected chi connectivity index (χ2v) is 6.91. The highest BCUT2D eigenvalue weighted by molar-refractivity contribution is 7.89. The predicted octanol–water partition coefficient (Wildman–Crippen LogP) is 2.09. The second-order valence-electron chi connectivity index (χ2n) is 5.26. The van der Waals surface area contributed by atoms with Gasteiger partial charge in [0, 0.05) is 6.54 Å². The molecule has 1 saturated carbocycles. The van der Waals surface area contributed by atoms with E-state index in [1.165, 1.54) is 12.1 Å². The molecule has 2 rings (SSSR count). The number of benzene rings is 1. The average Bonchev–Trinajstić information content (AvgIpc) is 3.11. The molecule has 1 fully saturated rings. The zero-order valence-electron chi connectivity index (χ0n) is 11.7. The fraction of sp³-hybridized carbons (Fsp3) is 0.538. The second kappa shape index (κ2) is 5.26. The third kappa shape index (κ3) is 3.07. The number of rotatable bonds is 5. The van der Waals surface area contributed by atoms with Gasteiger partial charge in [-0.15, -0.1) is 0 Å². The molecule has 8 heteroatoms. The van der Waals surface area contributed by atoms with Crippen LogP contribution in [-0.2, 0) is 16.6 Å². The maximum Gasteiger partial charge on any atom is 0.407 e. The van der Waals surface area contributed by atoms with Gasteiger partial charge in [-0.3, -0.25) is 0 Å². The van der Waals surface area contributed by atoms with Gasteiger partial charge in [0.05, 0.1) is 4.90 Å². The molecule has 0 atom stereocenters. The zero-order valence-corrected chi connectivity index (χ0v) is 12.5. The van der Waals surface area contributed by atoms with Crippen LogP contribution in [0.5, 0.6) is 0 Å². The molecule has 1 aromatic carbocycles. The van der Waals surface area contributed by atoms with Gasteiger partial charge in [-0.05, 0) is 44.0 Å². The topological polar surface area (TPSA) is 58.2 Å². The number of alkyl halides is 3. The summed E-state index contributed by atoms with van der Waals surface area (Å²) in [6.45, 7) is 2.04. The Balaban J connectivity index is 2.35. The van der Waals surface area contributed by atoms with Gasteiger partial charge in [-0.2, -0.15) is 17.9 Å². The van der Waals surface area contributed by atoms with Gasteiger partial charge in [-0.1, -0.05) is 12.1 Å². The molecule has 21 heavy (non-hydrogen) atoms. The quantitative estimate of drug-likeness (QED) is 0.873. The van der Waals surface area contributed by atoms with E-state index in [-0.39, 0.29) is 17.7 Å². The summed E-state index contributed by atoms with van der Waals surface area (Å²) < 4.78 is 65.1. The molecule has 1 aliphatic carbocycles. The van der Waals surface area contributed by atoms with Crippen molar-refractivity contribution in [1.82, 2.24) is 10.0 Å². The van der Waals surface area contributed by atoms with Crippen LogP contribution in [0, 0.1) is 6.92 Å². The van der Waals surface area contributed by atoms with Crippen molar-refractivity contribution in [3.8, 4) is 0 Å². The van der Waals surface area contributed by atoms with Crippen molar-refractivity contribution in [2.75, 3.05) is 7.05 Å². The van der Waals surface area contributed by atoms with Gasteiger partial charge in [-0.25, -0.2) is 8.42 Å². The van der Waals surface area contributed by atoms with Crippen LogP contribution >= 0.6 is 0 Å². The number of hydrogen-bond donors (Lipinski definition) is 2. The Morgan fingerprint density at radius 3 is 2.38 bits per heavy atom. The maximum atomic E-state index is 12.9.